The number of azo groups is 2. The molecule has 0 spiro atoms. The van der Waals surface area contributed by atoms with Gasteiger partial charge in [-0.25, -0.2) is 4.79 Å². The maximum atomic E-state index is 12.0. The molecule has 0 aliphatic carbocycles. The number of esters is 1. The van der Waals surface area contributed by atoms with Gasteiger partial charge in [0.25, 0.3) is 0 Å². The highest BCUT2D eigenvalue weighted by Crippen LogP contribution is 2.24. The summed E-state index contributed by atoms with van der Waals surface area (Å²) < 4.78 is 10.3. The summed E-state index contributed by atoms with van der Waals surface area (Å²) in [6.07, 6.45) is 0. The SMILES string of the molecule is CCOCCOC(=O)c1ccc(N=Nc2ccc(N=Nc3ccc(N(C)C)cc3)cc2)cc1. The molecule has 3 aromatic carbocycles. The Hall–Kier alpha value is -3.91. The molecule has 0 amide bonds. The summed E-state index contributed by atoms with van der Waals surface area (Å²) >= 11 is 0. The van der Waals surface area contributed by atoms with Crippen LogP contribution < -0.4 is 4.90 Å². The normalized spacial score (nSPS) is 11.2. The van der Waals surface area contributed by atoms with Crippen molar-refractivity contribution in [2.45, 2.75) is 6.92 Å². The number of benzene rings is 3. The molecule has 0 bridgehead atoms. The van der Waals surface area contributed by atoms with Crippen LogP contribution in [0.1, 0.15) is 17.3 Å². The van der Waals surface area contributed by atoms with E-state index >= 15 is 0 Å². The van der Waals surface area contributed by atoms with Gasteiger partial charge in [-0.15, -0.1) is 0 Å². The Bertz CT molecular complexity index is 1080. The maximum absolute atomic E-state index is 12.0. The summed E-state index contributed by atoms with van der Waals surface area (Å²) in [6, 6.07) is 21.9. The third-order valence-electron chi connectivity index (χ3n) is 4.55. The molecule has 0 saturated carbocycles. The number of ether oxygens (including phenoxy) is 2. The van der Waals surface area contributed by atoms with Gasteiger partial charge in [0.2, 0.25) is 0 Å². The number of rotatable bonds is 10. The van der Waals surface area contributed by atoms with E-state index in [-0.39, 0.29) is 6.61 Å². The van der Waals surface area contributed by atoms with Crippen LogP contribution in [0.15, 0.2) is 93.3 Å². The first kappa shape index (κ1) is 23.7. The van der Waals surface area contributed by atoms with E-state index in [1.165, 1.54) is 0 Å². The van der Waals surface area contributed by atoms with Crippen molar-refractivity contribution in [2.75, 3.05) is 38.8 Å². The molecule has 0 aliphatic heterocycles. The number of anilines is 1. The van der Waals surface area contributed by atoms with Crippen molar-refractivity contribution < 1.29 is 14.3 Å². The smallest absolute Gasteiger partial charge is 0.338 e. The third-order valence-corrected chi connectivity index (χ3v) is 4.55. The van der Waals surface area contributed by atoms with Crippen molar-refractivity contribution in [3.63, 3.8) is 0 Å². The molecule has 0 unspecified atom stereocenters. The molecule has 170 valence electrons. The van der Waals surface area contributed by atoms with Crippen LogP contribution in [0.25, 0.3) is 0 Å². The number of hydrogen-bond donors (Lipinski definition) is 0. The molecule has 33 heavy (non-hydrogen) atoms. The van der Waals surface area contributed by atoms with Gasteiger partial charge >= 0.3 is 5.97 Å². The van der Waals surface area contributed by atoms with Crippen molar-refractivity contribution >= 4 is 34.4 Å². The first-order valence-corrected chi connectivity index (χ1v) is 10.6. The molecule has 0 saturated heterocycles. The quantitative estimate of drug-likeness (QED) is 0.195. The molecular formula is C25H27N5O3. The molecule has 0 radical (unpaired) electrons. The minimum atomic E-state index is -0.392. The molecule has 0 aromatic heterocycles. The standard InChI is InChI=1S/C25H27N5O3/c1-4-32-17-18-33-25(31)19-5-7-20(8-6-19)26-27-21-9-11-22(12-10-21)28-29-23-13-15-24(16-14-23)30(2)3/h5-16H,4,17-18H2,1-3H3. The first-order valence-electron chi connectivity index (χ1n) is 10.6. The van der Waals surface area contributed by atoms with Crippen molar-refractivity contribution in [1.82, 2.24) is 0 Å². The van der Waals surface area contributed by atoms with E-state index in [1.54, 1.807) is 24.3 Å². The minimum absolute atomic E-state index is 0.229. The van der Waals surface area contributed by atoms with E-state index < -0.39 is 5.97 Å². The van der Waals surface area contributed by atoms with Gasteiger partial charge in [-0.3, -0.25) is 0 Å². The van der Waals surface area contributed by atoms with Gasteiger partial charge < -0.3 is 14.4 Å². The molecule has 0 heterocycles. The minimum Gasteiger partial charge on any atom is -0.460 e. The molecule has 8 nitrogen and oxygen atoms in total. The van der Waals surface area contributed by atoms with Crippen LogP contribution in [-0.2, 0) is 9.47 Å². The zero-order valence-electron chi connectivity index (χ0n) is 19.0. The van der Waals surface area contributed by atoms with Crippen molar-refractivity contribution in [1.29, 1.82) is 0 Å². The fourth-order valence-electron chi connectivity index (χ4n) is 2.72. The number of nitrogens with zero attached hydrogens (tertiary/aromatic N) is 5. The molecule has 0 fully saturated rings. The Balaban J connectivity index is 1.53. The van der Waals surface area contributed by atoms with Crippen LogP contribution in [0.3, 0.4) is 0 Å². The lowest BCUT2D eigenvalue weighted by molar-refractivity contribution is 0.0335. The summed E-state index contributed by atoms with van der Waals surface area (Å²) in [5.74, 6) is -0.392. The van der Waals surface area contributed by atoms with Crippen LogP contribution in [0, 0.1) is 0 Å². The van der Waals surface area contributed by atoms with E-state index in [4.69, 9.17) is 9.47 Å². The highest BCUT2D eigenvalue weighted by molar-refractivity contribution is 5.89. The van der Waals surface area contributed by atoms with Gasteiger partial charge in [-0.1, -0.05) is 0 Å². The zero-order chi connectivity index (χ0) is 23.5. The van der Waals surface area contributed by atoms with Gasteiger partial charge in [-0.05, 0) is 79.7 Å². The lowest BCUT2D eigenvalue weighted by Crippen LogP contribution is -2.10. The van der Waals surface area contributed by atoms with Gasteiger partial charge in [0.15, 0.2) is 0 Å². The van der Waals surface area contributed by atoms with Crippen molar-refractivity contribution in [3.05, 3.63) is 78.4 Å². The zero-order valence-corrected chi connectivity index (χ0v) is 19.0. The van der Waals surface area contributed by atoms with Crippen LogP contribution >= 0.6 is 0 Å². The number of carbonyl (C=O) groups is 1. The van der Waals surface area contributed by atoms with Gasteiger partial charge in [0.1, 0.15) is 6.61 Å². The largest absolute Gasteiger partial charge is 0.460 e. The molecule has 0 N–H and O–H groups in total. The van der Waals surface area contributed by atoms with Crippen LogP contribution in [-0.4, -0.2) is 39.9 Å². The summed E-state index contributed by atoms with van der Waals surface area (Å²) in [5, 5.41) is 16.9. The van der Waals surface area contributed by atoms with E-state index in [2.05, 4.69) is 20.5 Å². The Morgan fingerprint density at radius 2 is 1.12 bits per heavy atom. The van der Waals surface area contributed by atoms with Gasteiger partial charge in [0, 0.05) is 26.4 Å². The topological polar surface area (TPSA) is 88.2 Å². The second kappa shape index (κ2) is 12.2. The van der Waals surface area contributed by atoms with E-state index in [9.17, 15) is 4.79 Å². The van der Waals surface area contributed by atoms with Crippen LogP contribution in [0.2, 0.25) is 0 Å². The highest BCUT2D eigenvalue weighted by Gasteiger charge is 2.06. The summed E-state index contributed by atoms with van der Waals surface area (Å²) in [4.78, 5) is 14.0. The fourth-order valence-corrected chi connectivity index (χ4v) is 2.72. The first-order chi connectivity index (χ1) is 16.0. The summed E-state index contributed by atoms with van der Waals surface area (Å²) in [7, 11) is 3.99. The molecule has 3 aromatic rings. The Morgan fingerprint density at radius 3 is 1.55 bits per heavy atom. The predicted molar refractivity (Wildman–Crippen MR) is 129 cm³/mol. The second-order valence-electron chi connectivity index (χ2n) is 7.21. The molecule has 0 aliphatic rings. The van der Waals surface area contributed by atoms with Gasteiger partial charge in [0.05, 0.1) is 34.9 Å². The lowest BCUT2D eigenvalue weighted by atomic mass is 10.2. The molecular weight excluding hydrogens is 418 g/mol. The molecule has 0 atom stereocenters. The monoisotopic (exact) mass is 445 g/mol. The van der Waals surface area contributed by atoms with E-state index in [0.717, 1.165) is 17.1 Å². The van der Waals surface area contributed by atoms with E-state index in [1.807, 2.05) is 74.4 Å². The Morgan fingerprint density at radius 1 is 0.697 bits per heavy atom. The lowest BCUT2D eigenvalue weighted by Gasteiger charge is -2.11. The predicted octanol–water partition coefficient (Wildman–Crippen LogP) is 6.78. The third kappa shape index (κ3) is 7.62. The second-order valence-corrected chi connectivity index (χ2v) is 7.21. The Kier molecular flexibility index (Phi) is 8.79. The van der Waals surface area contributed by atoms with Crippen molar-refractivity contribution in [2.24, 2.45) is 20.5 Å². The number of carbonyl (C=O) groups excluding carboxylic acids is 1. The molecule has 8 heteroatoms. The average Bonchev–Trinajstić information content (AvgIpc) is 2.85. The highest BCUT2D eigenvalue weighted by atomic mass is 16.6. The fraction of sp³-hybridized carbons (Fsp3) is 0.240. The van der Waals surface area contributed by atoms with Gasteiger partial charge in [-0.2, -0.15) is 20.5 Å². The summed E-state index contributed by atoms with van der Waals surface area (Å²) in [5.41, 5.74) is 4.38. The average molecular weight is 446 g/mol. The maximum Gasteiger partial charge on any atom is 0.338 e. The van der Waals surface area contributed by atoms with Crippen LogP contribution in [0.5, 0.6) is 0 Å². The van der Waals surface area contributed by atoms with Crippen LogP contribution in [0.4, 0.5) is 28.4 Å². The van der Waals surface area contributed by atoms with E-state index in [0.29, 0.717) is 30.2 Å². The summed E-state index contributed by atoms with van der Waals surface area (Å²) in [6.45, 7) is 3.10. The molecule has 3 rings (SSSR count). The number of hydrogen-bond acceptors (Lipinski definition) is 8. The Labute approximate surface area is 193 Å². The van der Waals surface area contributed by atoms with Crippen molar-refractivity contribution in [3.8, 4) is 0 Å².